The monoisotopic (exact) mass is 383 g/mol. The molecule has 0 atom stereocenters. The molecule has 2 aromatic carbocycles. The van der Waals surface area contributed by atoms with Gasteiger partial charge in [0.2, 0.25) is 0 Å². The van der Waals surface area contributed by atoms with Gasteiger partial charge in [0.15, 0.2) is 0 Å². The smallest absolute Gasteiger partial charge is 0.256 e. The molecule has 4 rings (SSSR count). The Bertz CT molecular complexity index is 1170. The number of nitrogens with zero attached hydrogens (tertiary/aromatic N) is 2. The highest BCUT2D eigenvalue weighted by Gasteiger charge is 2.08. The summed E-state index contributed by atoms with van der Waals surface area (Å²) in [6, 6.07) is 18.6. The van der Waals surface area contributed by atoms with Crippen molar-refractivity contribution in [3.05, 3.63) is 84.2 Å². The van der Waals surface area contributed by atoms with Crippen LogP contribution in [-0.4, -0.2) is 15.9 Å². The second-order valence-corrected chi connectivity index (χ2v) is 6.69. The number of amides is 1. The number of hydrogen-bond donors (Lipinski definition) is 3. The van der Waals surface area contributed by atoms with E-state index in [1.807, 2.05) is 48.5 Å². The summed E-state index contributed by atoms with van der Waals surface area (Å²) in [4.78, 5) is 21.1. The fourth-order valence-electron chi connectivity index (χ4n) is 3.08. The predicted octanol–water partition coefficient (Wildman–Crippen LogP) is 4.77. The van der Waals surface area contributed by atoms with Crippen molar-refractivity contribution < 1.29 is 4.79 Å². The lowest BCUT2D eigenvalue weighted by Gasteiger charge is -2.11. The van der Waals surface area contributed by atoms with Gasteiger partial charge in [-0.1, -0.05) is 6.92 Å². The van der Waals surface area contributed by atoms with Crippen LogP contribution in [0.1, 0.15) is 22.8 Å². The number of carbonyl (C=O) groups excluding carboxylic acids is 1. The summed E-state index contributed by atoms with van der Waals surface area (Å²) >= 11 is 0. The zero-order valence-electron chi connectivity index (χ0n) is 16.0. The van der Waals surface area contributed by atoms with Crippen LogP contribution in [0.2, 0.25) is 0 Å². The number of hydrogen-bond acceptors (Lipinski definition) is 5. The Kier molecular flexibility index (Phi) is 5.07. The van der Waals surface area contributed by atoms with E-state index in [-0.39, 0.29) is 5.91 Å². The van der Waals surface area contributed by atoms with Crippen molar-refractivity contribution in [2.45, 2.75) is 13.3 Å². The molecule has 6 heteroatoms. The minimum absolute atomic E-state index is 0.195. The van der Waals surface area contributed by atoms with Crippen LogP contribution in [-0.2, 0) is 6.42 Å². The van der Waals surface area contributed by atoms with E-state index >= 15 is 0 Å². The van der Waals surface area contributed by atoms with Crippen LogP contribution in [0, 0.1) is 0 Å². The van der Waals surface area contributed by atoms with Crippen molar-refractivity contribution in [3.8, 4) is 0 Å². The Balaban J connectivity index is 1.51. The molecule has 0 spiro atoms. The number of fused-ring (bicyclic) bond motifs is 1. The third kappa shape index (κ3) is 4.16. The van der Waals surface area contributed by atoms with Gasteiger partial charge in [0.25, 0.3) is 5.91 Å². The molecule has 4 N–H and O–H groups in total. The van der Waals surface area contributed by atoms with Gasteiger partial charge >= 0.3 is 0 Å². The molecule has 0 bridgehead atoms. The first-order valence-corrected chi connectivity index (χ1v) is 9.40. The Labute approximate surface area is 168 Å². The molecule has 2 aromatic heterocycles. The Morgan fingerprint density at radius 1 is 0.966 bits per heavy atom. The van der Waals surface area contributed by atoms with Gasteiger partial charge < -0.3 is 16.4 Å². The van der Waals surface area contributed by atoms with Crippen LogP contribution < -0.4 is 16.4 Å². The van der Waals surface area contributed by atoms with Crippen LogP contribution in [0.4, 0.5) is 22.9 Å². The highest BCUT2D eigenvalue weighted by molar-refractivity contribution is 6.04. The van der Waals surface area contributed by atoms with Crippen LogP contribution in [0.3, 0.4) is 0 Å². The normalized spacial score (nSPS) is 10.7. The van der Waals surface area contributed by atoms with Crippen LogP contribution in [0.15, 0.2) is 73.1 Å². The van der Waals surface area contributed by atoms with Crippen LogP contribution in [0.25, 0.3) is 10.9 Å². The Hall–Kier alpha value is -3.93. The summed E-state index contributed by atoms with van der Waals surface area (Å²) in [6.45, 7) is 2.06. The van der Waals surface area contributed by atoms with Crippen molar-refractivity contribution in [2.24, 2.45) is 0 Å². The number of carbonyl (C=O) groups is 1. The fourth-order valence-corrected chi connectivity index (χ4v) is 3.08. The van der Waals surface area contributed by atoms with Gasteiger partial charge in [-0.05, 0) is 72.6 Å². The summed E-state index contributed by atoms with van der Waals surface area (Å²) in [6.07, 6.45) is 4.34. The number of aromatic nitrogens is 2. The lowest BCUT2D eigenvalue weighted by atomic mass is 10.1. The van der Waals surface area contributed by atoms with Crippen molar-refractivity contribution in [3.63, 3.8) is 0 Å². The van der Waals surface area contributed by atoms with Crippen molar-refractivity contribution in [1.29, 1.82) is 0 Å². The first-order chi connectivity index (χ1) is 14.1. The highest BCUT2D eigenvalue weighted by Crippen LogP contribution is 2.27. The summed E-state index contributed by atoms with van der Waals surface area (Å²) < 4.78 is 0. The number of pyridine rings is 2. The number of nitrogen functional groups attached to an aromatic ring is 1. The maximum Gasteiger partial charge on any atom is 0.256 e. The topological polar surface area (TPSA) is 92.9 Å². The van der Waals surface area contributed by atoms with E-state index in [9.17, 15) is 4.79 Å². The third-order valence-electron chi connectivity index (χ3n) is 4.67. The number of nitrogens with two attached hydrogens (primary N) is 1. The molecule has 4 aromatic rings. The fraction of sp³-hybridized carbons (Fsp3) is 0.0870. The molecule has 0 radical (unpaired) electrons. The number of rotatable bonds is 5. The molecule has 2 heterocycles. The number of benzene rings is 2. The molecule has 0 aliphatic heterocycles. The SMILES string of the molecule is CCc1ccnc(NC(=O)c2ccc(Nc3ccnc4ccc(N)cc34)cc2)c1. The first-order valence-electron chi connectivity index (χ1n) is 9.40. The molecule has 0 aliphatic rings. The van der Waals surface area contributed by atoms with Gasteiger partial charge in [0, 0.05) is 40.4 Å². The molecule has 1 amide bonds. The van der Waals surface area contributed by atoms with E-state index in [1.54, 1.807) is 24.5 Å². The quantitative estimate of drug-likeness (QED) is 0.432. The van der Waals surface area contributed by atoms with Gasteiger partial charge in [-0.25, -0.2) is 4.98 Å². The summed E-state index contributed by atoms with van der Waals surface area (Å²) in [7, 11) is 0. The lowest BCUT2D eigenvalue weighted by molar-refractivity contribution is 0.102. The molecule has 0 saturated carbocycles. The lowest BCUT2D eigenvalue weighted by Crippen LogP contribution is -2.13. The van der Waals surface area contributed by atoms with Crippen LogP contribution >= 0.6 is 0 Å². The van der Waals surface area contributed by atoms with Gasteiger partial charge in [-0.15, -0.1) is 0 Å². The molecule has 0 aliphatic carbocycles. The average molecular weight is 383 g/mol. The Morgan fingerprint density at radius 2 is 1.76 bits per heavy atom. The number of anilines is 4. The van der Waals surface area contributed by atoms with Gasteiger partial charge in [0.1, 0.15) is 5.82 Å². The molecule has 0 saturated heterocycles. The average Bonchev–Trinajstić information content (AvgIpc) is 2.75. The number of aryl methyl sites for hydroxylation is 1. The zero-order chi connectivity index (χ0) is 20.2. The second-order valence-electron chi connectivity index (χ2n) is 6.69. The maximum absolute atomic E-state index is 12.5. The molecule has 0 fully saturated rings. The molecular weight excluding hydrogens is 362 g/mol. The zero-order valence-corrected chi connectivity index (χ0v) is 16.0. The summed E-state index contributed by atoms with van der Waals surface area (Å²) in [5.41, 5.74) is 10.9. The second kappa shape index (κ2) is 7.98. The van der Waals surface area contributed by atoms with E-state index in [0.717, 1.165) is 34.3 Å². The van der Waals surface area contributed by atoms with Gasteiger partial charge in [-0.2, -0.15) is 0 Å². The van der Waals surface area contributed by atoms with Gasteiger partial charge in [0.05, 0.1) is 5.52 Å². The van der Waals surface area contributed by atoms with Crippen molar-refractivity contribution >= 4 is 39.7 Å². The standard InChI is InChI=1S/C23H21N5O/c1-2-15-9-11-26-22(13-15)28-23(29)16-3-6-18(7-4-16)27-21-10-12-25-20-8-5-17(24)14-19(20)21/h3-14H,2,24H2,1H3,(H,25,27)(H,26,28,29). The Morgan fingerprint density at radius 3 is 2.55 bits per heavy atom. The maximum atomic E-state index is 12.5. The van der Waals surface area contributed by atoms with Crippen molar-refractivity contribution in [2.75, 3.05) is 16.4 Å². The van der Waals surface area contributed by atoms with E-state index in [1.165, 1.54) is 0 Å². The minimum Gasteiger partial charge on any atom is -0.399 e. The molecule has 29 heavy (non-hydrogen) atoms. The largest absolute Gasteiger partial charge is 0.399 e. The third-order valence-corrected chi connectivity index (χ3v) is 4.67. The van der Waals surface area contributed by atoms with Crippen molar-refractivity contribution in [1.82, 2.24) is 9.97 Å². The van der Waals surface area contributed by atoms with E-state index < -0.39 is 0 Å². The minimum atomic E-state index is -0.195. The molecular formula is C23H21N5O. The van der Waals surface area contributed by atoms with E-state index in [2.05, 4.69) is 27.5 Å². The van der Waals surface area contributed by atoms with E-state index in [4.69, 9.17) is 5.73 Å². The van der Waals surface area contributed by atoms with Gasteiger partial charge in [-0.3, -0.25) is 9.78 Å². The summed E-state index contributed by atoms with van der Waals surface area (Å²) in [5.74, 6) is 0.358. The first kappa shape index (κ1) is 18.4. The molecule has 0 unspecified atom stereocenters. The summed E-state index contributed by atoms with van der Waals surface area (Å²) in [5, 5.41) is 7.15. The number of nitrogens with one attached hydrogen (secondary N) is 2. The van der Waals surface area contributed by atoms with E-state index in [0.29, 0.717) is 17.1 Å². The van der Waals surface area contributed by atoms with Crippen LogP contribution in [0.5, 0.6) is 0 Å². The molecule has 144 valence electrons. The predicted molar refractivity (Wildman–Crippen MR) is 117 cm³/mol. The molecule has 6 nitrogen and oxygen atoms in total. The highest BCUT2D eigenvalue weighted by atomic mass is 16.1.